The van der Waals surface area contributed by atoms with Crippen molar-refractivity contribution in [1.29, 1.82) is 0 Å². The average Bonchev–Trinajstić information content (AvgIpc) is 2.03. The molecule has 13 heavy (non-hydrogen) atoms. The van der Waals surface area contributed by atoms with Gasteiger partial charge < -0.3 is 10.0 Å². The maximum absolute atomic E-state index is 8.93. The van der Waals surface area contributed by atoms with Crippen LogP contribution >= 0.6 is 0 Å². The molecule has 1 aliphatic carbocycles. The maximum Gasteiger partial charge on any atom is 0.0460 e. The van der Waals surface area contributed by atoms with Crippen molar-refractivity contribution < 1.29 is 5.11 Å². The molecule has 0 aromatic rings. The van der Waals surface area contributed by atoms with Crippen molar-refractivity contribution in [3.8, 4) is 0 Å². The lowest BCUT2D eigenvalue weighted by Gasteiger charge is -2.42. The molecule has 0 amide bonds. The second kappa shape index (κ2) is 5.61. The lowest BCUT2D eigenvalue weighted by Crippen LogP contribution is -2.46. The molecule has 0 unspecified atom stereocenters. The van der Waals surface area contributed by atoms with Gasteiger partial charge in [-0.2, -0.15) is 0 Å². The Labute approximate surface area is 81.9 Å². The highest BCUT2D eigenvalue weighted by Gasteiger charge is 2.31. The molecular formula is C11H23NO. The number of aliphatic hydroxyl groups excluding tert-OH is 1. The second-order valence-corrected chi connectivity index (χ2v) is 4.21. The Hall–Kier alpha value is -0.0800. The highest BCUT2D eigenvalue weighted by molar-refractivity contribution is 4.86. The van der Waals surface area contributed by atoms with Gasteiger partial charge in [-0.3, -0.25) is 0 Å². The fourth-order valence-corrected chi connectivity index (χ4v) is 2.20. The van der Waals surface area contributed by atoms with Crippen LogP contribution in [0.25, 0.3) is 0 Å². The molecule has 0 atom stereocenters. The highest BCUT2D eigenvalue weighted by Crippen LogP contribution is 2.31. The molecule has 78 valence electrons. The molecule has 2 heteroatoms. The molecule has 0 bridgehead atoms. The normalized spacial score (nSPS) is 27.7. The quantitative estimate of drug-likeness (QED) is 0.683. The van der Waals surface area contributed by atoms with Gasteiger partial charge >= 0.3 is 0 Å². The van der Waals surface area contributed by atoms with E-state index in [1.807, 2.05) is 0 Å². The van der Waals surface area contributed by atoms with Crippen LogP contribution in [0.2, 0.25) is 0 Å². The van der Waals surface area contributed by atoms with E-state index in [0.29, 0.717) is 12.5 Å². The summed E-state index contributed by atoms with van der Waals surface area (Å²) >= 11 is 0. The van der Waals surface area contributed by atoms with Crippen LogP contribution in [0.4, 0.5) is 0 Å². The van der Waals surface area contributed by atoms with E-state index in [9.17, 15) is 0 Å². The van der Waals surface area contributed by atoms with Gasteiger partial charge in [-0.25, -0.2) is 0 Å². The van der Waals surface area contributed by atoms with Gasteiger partial charge in [0.1, 0.15) is 0 Å². The molecule has 0 spiro atoms. The van der Waals surface area contributed by atoms with Gasteiger partial charge in [0.15, 0.2) is 0 Å². The van der Waals surface area contributed by atoms with Gasteiger partial charge in [-0.1, -0.05) is 13.8 Å². The summed E-state index contributed by atoms with van der Waals surface area (Å²) in [5.41, 5.74) is 0. The first kappa shape index (κ1) is 11.0. The molecule has 0 aromatic heterocycles. The first-order chi connectivity index (χ1) is 6.31. The van der Waals surface area contributed by atoms with Crippen LogP contribution in [0.3, 0.4) is 0 Å². The summed E-state index contributed by atoms with van der Waals surface area (Å²) in [4.78, 5) is 2.59. The van der Waals surface area contributed by atoms with Gasteiger partial charge in [0, 0.05) is 12.6 Å². The topological polar surface area (TPSA) is 23.5 Å². The van der Waals surface area contributed by atoms with E-state index in [1.54, 1.807) is 0 Å². The molecular weight excluding hydrogens is 162 g/mol. The average molecular weight is 185 g/mol. The Morgan fingerprint density at radius 3 is 2.08 bits per heavy atom. The van der Waals surface area contributed by atoms with Gasteiger partial charge in [0.05, 0.1) is 0 Å². The molecule has 0 aliphatic heterocycles. The predicted octanol–water partition coefficient (Wildman–Crippen LogP) is 1.88. The number of rotatable bonds is 6. The van der Waals surface area contributed by atoms with Gasteiger partial charge in [-0.05, 0) is 44.7 Å². The van der Waals surface area contributed by atoms with Crippen LogP contribution in [0.15, 0.2) is 0 Å². The minimum atomic E-state index is 0.391. The van der Waals surface area contributed by atoms with Crippen LogP contribution in [-0.2, 0) is 0 Å². The largest absolute Gasteiger partial charge is 0.396 e. The van der Waals surface area contributed by atoms with Gasteiger partial charge in [-0.15, -0.1) is 0 Å². The Bertz CT molecular complexity index is 126. The van der Waals surface area contributed by atoms with Crippen molar-refractivity contribution in [3.05, 3.63) is 0 Å². The van der Waals surface area contributed by atoms with Crippen molar-refractivity contribution in [2.24, 2.45) is 5.92 Å². The summed E-state index contributed by atoms with van der Waals surface area (Å²) in [6, 6.07) is 0.775. The van der Waals surface area contributed by atoms with Crippen molar-refractivity contribution >= 4 is 0 Å². The third kappa shape index (κ3) is 2.96. The standard InChI is InChI=1S/C11H23NO/c1-3-5-12(6-4-2)11-7-10(8-11)9-13/h10-11,13H,3-9H2,1-2H3/t10-,11-. The van der Waals surface area contributed by atoms with Crippen LogP contribution in [0, 0.1) is 5.92 Å². The summed E-state index contributed by atoms with van der Waals surface area (Å²) in [5.74, 6) is 0.598. The Balaban J connectivity index is 2.22. The van der Waals surface area contributed by atoms with E-state index >= 15 is 0 Å². The minimum Gasteiger partial charge on any atom is -0.396 e. The van der Waals surface area contributed by atoms with E-state index < -0.39 is 0 Å². The van der Waals surface area contributed by atoms with E-state index in [2.05, 4.69) is 18.7 Å². The summed E-state index contributed by atoms with van der Waals surface area (Å²) in [7, 11) is 0. The molecule has 1 aliphatic rings. The minimum absolute atomic E-state index is 0.391. The van der Waals surface area contributed by atoms with Crippen LogP contribution in [0.1, 0.15) is 39.5 Å². The van der Waals surface area contributed by atoms with E-state index in [4.69, 9.17) is 5.11 Å². The van der Waals surface area contributed by atoms with E-state index in [0.717, 1.165) is 6.04 Å². The maximum atomic E-state index is 8.93. The summed E-state index contributed by atoms with van der Waals surface area (Å²) in [6.45, 7) is 7.34. The fraction of sp³-hybridized carbons (Fsp3) is 1.00. The van der Waals surface area contributed by atoms with E-state index in [1.165, 1.54) is 38.8 Å². The third-order valence-electron chi connectivity index (χ3n) is 3.01. The molecule has 2 nitrogen and oxygen atoms in total. The first-order valence-electron chi connectivity index (χ1n) is 5.66. The second-order valence-electron chi connectivity index (χ2n) is 4.21. The Kier molecular flexibility index (Phi) is 4.74. The summed E-state index contributed by atoms with van der Waals surface area (Å²) in [6.07, 6.45) is 4.94. The number of hydrogen-bond donors (Lipinski definition) is 1. The fourth-order valence-electron chi connectivity index (χ4n) is 2.20. The van der Waals surface area contributed by atoms with Gasteiger partial charge in [0.25, 0.3) is 0 Å². The van der Waals surface area contributed by atoms with Crippen LogP contribution < -0.4 is 0 Å². The SMILES string of the molecule is CCCN(CCC)[C@H]1C[C@H](CO)C1. The molecule has 0 aromatic carbocycles. The molecule has 0 saturated heterocycles. The van der Waals surface area contributed by atoms with Crippen LogP contribution in [-0.4, -0.2) is 35.7 Å². The molecule has 1 fully saturated rings. The van der Waals surface area contributed by atoms with Crippen molar-refractivity contribution in [2.75, 3.05) is 19.7 Å². The molecule has 0 radical (unpaired) electrons. The van der Waals surface area contributed by atoms with Crippen molar-refractivity contribution in [1.82, 2.24) is 4.90 Å². The number of aliphatic hydroxyl groups is 1. The van der Waals surface area contributed by atoms with Crippen LogP contribution in [0.5, 0.6) is 0 Å². The van der Waals surface area contributed by atoms with E-state index in [-0.39, 0.29) is 0 Å². The first-order valence-corrected chi connectivity index (χ1v) is 5.66. The van der Waals surface area contributed by atoms with Gasteiger partial charge in [0.2, 0.25) is 0 Å². The lowest BCUT2D eigenvalue weighted by atomic mass is 9.80. The Morgan fingerprint density at radius 1 is 1.15 bits per heavy atom. The zero-order chi connectivity index (χ0) is 9.68. The summed E-state index contributed by atoms with van der Waals surface area (Å²) in [5, 5.41) is 8.93. The predicted molar refractivity (Wildman–Crippen MR) is 55.8 cm³/mol. The molecule has 1 N–H and O–H groups in total. The molecule has 1 rings (SSSR count). The monoisotopic (exact) mass is 185 g/mol. The summed E-state index contributed by atoms with van der Waals surface area (Å²) < 4.78 is 0. The van der Waals surface area contributed by atoms with Crippen molar-refractivity contribution in [2.45, 2.75) is 45.6 Å². The molecule has 1 saturated carbocycles. The third-order valence-corrected chi connectivity index (χ3v) is 3.01. The smallest absolute Gasteiger partial charge is 0.0460 e. The molecule has 0 heterocycles. The Morgan fingerprint density at radius 2 is 1.69 bits per heavy atom. The highest BCUT2D eigenvalue weighted by atomic mass is 16.3. The lowest BCUT2D eigenvalue weighted by molar-refractivity contribution is 0.0452. The zero-order valence-electron chi connectivity index (χ0n) is 9.00. The van der Waals surface area contributed by atoms with Crippen molar-refractivity contribution in [3.63, 3.8) is 0 Å². The number of nitrogens with zero attached hydrogens (tertiary/aromatic N) is 1. The zero-order valence-corrected chi connectivity index (χ0v) is 9.00. The number of hydrogen-bond acceptors (Lipinski definition) is 2.